The largest absolute Gasteiger partial charge is 0.490 e. The zero-order chi connectivity index (χ0) is 19.5. The number of carbonyl (C=O) groups is 1. The summed E-state index contributed by atoms with van der Waals surface area (Å²) in [5.74, 6) is -1.02. The number of amides is 1. The minimum Gasteiger partial charge on any atom is -0.490 e. The van der Waals surface area contributed by atoms with Crippen molar-refractivity contribution >= 4 is 11.8 Å². The van der Waals surface area contributed by atoms with Crippen LogP contribution < -0.4 is 4.74 Å². The molecule has 2 rings (SSSR count). The standard InChI is InChI=1S/C17H24FN3O5/c1-17(2,3)26-16(22)20-7-5-19(6-8-20)11-12-9-13(18)15(21(23)24)14(10-12)25-4/h9-10H,5-8,11H2,1-4H3. The maximum atomic E-state index is 14.0. The van der Waals surface area contributed by atoms with E-state index in [1.54, 1.807) is 4.90 Å². The molecular formula is C17H24FN3O5. The van der Waals surface area contributed by atoms with Gasteiger partial charge in [0.1, 0.15) is 5.60 Å². The average molecular weight is 369 g/mol. The Balaban J connectivity index is 1.98. The Kier molecular flexibility index (Phi) is 6.01. The van der Waals surface area contributed by atoms with Crippen LogP contribution in [0, 0.1) is 15.9 Å². The maximum Gasteiger partial charge on any atom is 0.410 e. The Morgan fingerprint density at radius 1 is 1.27 bits per heavy atom. The normalized spacial score (nSPS) is 15.7. The highest BCUT2D eigenvalue weighted by Gasteiger charge is 2.27. The third-order valence-corrected chi connectivity index (χ3v) is 3.92. The lowest BCUT2D eigenvalue weighted by molar-refractivity contribution is -0.388. The summed E-state index contributed by atoms with van der Waals surface area (Å²) < 4.78 is 24.3. The molecule has 1 amide bonds. The monoisotopic (exact) mass is 369 g/mol. The topological polar surface area (TPSA) is 85.2 Å². The Labute approximate surface area is 151 Å². The number of halogens is 1. The van der Waals surface area contributed by atoms with Crippen LogP contribution in [-0.2, 0) is 11.3 Å². The van der Waals surface area contributed by atoms with E-state index >= 15 is 0 Å². The molecule has 1 heterocycles. The number of nitrogens with zero attached hydrogens (tertiary/aromatic N) is 3. The maximum absolute atomic E-state index is 14.0. The van der Waals surface area contributed by atoms with Crippen molar-refractivity contribution in [3.63, 3.8) is 0 Å². The minimum absolute atomic E-state index is 0.0996. The second kappa shape index (κ2) is 7.86. The third kappa shape index (κ3) is 5.04. The molecule has 1 saturated heterocycles. The Bertz CT molecular complexity index is 682. The van der Waals surface area contributed by atoms with Crippen LogP contribution in [0.4, 0.5) is 14.9 Å². The molecule has 8 nitrogen and oxygen atoms in total. The first-order valence-corrected chi connectivity index (χ1v) is 8.32. The van der Waals surface area contributed by atoms with Gasteiger partial charge in [-0.3, -0.25) is 15.0 Å². The van der Waals surface area contributed by atoms with E-state index in [4.69, 9.17) is 9.47 Å². The van der Waals surface area contributed by atoms with Gasteiger partial charge in [-0.25, -0.2) is 4.79 Å². The quantitative estimate of drug-likeness (QED) is 0.599. The van der Waals surface area contributed by atoms with Crippen LogP contribution in [0.15, 0.2) is 12.1 Å². The number of piperazine rings is 1. The predicted octanol–water partition coefficient (Wildman–Crippen LogP) is 2.80. The van der Waals surface area contributed by atoms with Crippen molar-refractivity contribution < 1.29 is 23.6 Å². The molecular weight excluding hydrogens is 345 g/mol. The lowest BCUT2D eigenvalue weighted by Crippen LogP contribution is -2.49. The number of nitro benzene ring substituents is 1. The molecule has 26 heavy (non-hydrogen) atoms. The smallest absolute Gasteiger partial charge is 0.410 e. The number of methoxy groups -OCH3 is 1. The van der Waals surface area contributed by atoms with Crippen molar-refractivity contribution in [2.24, 2.45) is 0 Å². The predicted molar refractivity (Wildman–Crippen MR) is 92.7 cm³/mol. The molecule has 9 heteroatoms. The average Bonchev–Trinajstić information content (AvgIpc) is 2.52. The number of ether oxygens (including phenoxy) is 2. The van der Waals surface area contributed by atoms with E-state index < -0.39 is 22.0 Å². The van der Waals surface area contributed by atoms with E-state index in [0.717, 1.165) is 6.07 Å². The van der Waals surface area contributed by atoms with Crippen molar-refractivity contribution in [3.05, 3.63) is 33.6 Å². The highest BCUT2D eigenvalue weighted by Crippen LogP contribution is 2.31. The van der Waals surface area contributed by atoms with Gasteiger partial charge in [0.25, 0.3) is 0 Å². The second-order valence-electron chi connectivity index (χ2n) is 7.13. The van der Waals surface area contributed by atoms with Crippen LogP contribution in [0.3, 0.4) is 0 Å². The number of hydrogen-bond donors (Lipinski definition) is 0. The molecule has 144 valence electrons. The SMILES string of the molecule is COc1cc(CN2CCN(C(=O)OC(C)(C)C)CC2)cc(F)c1[N+](=O)[O-]. The van der Waals surface area contributed by atoms with E-state index in [2.05, 4.69) is 0 Å². The minimum atomic E-state index is -0.920. The van der Waals surface area contributed by atoms with Gasteiger partial charge < -0.3 is 14.4 Å². The number of nitro groups is 1. The zero-order valence-corrected chi connectivity index (χ0v) is 15.5. The number of rotatable bonds is 4. The number of hydrogen-bond acceptors (Lipinski definition) is 6. The molecule has 0 unspecified atom stereocenters. The molecule has 0 radical (unpaired) electrons. The van der Waals surface area contributed by atoms with Crippen molar-refractivity contribution in [2.75, 3.05) is 33.3 Å². The van der Waals surface area contributed by atoms with Crippen LogP contribution in [0.2, 0.25) is 0 Å². The van der Waals surface area contributed by atoms with Crippen LogP contribution >= 0.6 is 0 Å². The van der Waals surface area contributed by atoms with Crippen molar-refractivity contribution in [3.8, 4) is 5.75 Å². The Hall–Kier alpha value is -2.42. The van der Waals surface area contributed by atoms with Crippen molar-refractivity contribution in [2.45, 2.75) is 32.9 Å². The van der Waals surface area contributed by atoms with E-state index in [9.17, 15) is 19.3 Å². The lowest BCUT2D eigenvalue weighted by atomic mass is 10.1. The first-order valence-electron chi connectivity index (χ1n) is 8.32. The van der Waals surface area contributed by atoms with Gasteiger partial charge in [0, 0.05) is 32.7 Å². The molecule has 0 aliphatic carbocycles. The molecule has 1 aromatic rings. The fourth-order valence-electron chi connectivity index (χ4n) is 2.72. The molecule has 0 spiro atoms. The van der Waals surface area contributed by atoms with Gasteiger partial charge in [-0.15, -0.1) is 0 Å². The number of benzene rings is 1. The molecule has 0 bridgehead atoms. The highest BCUT2D eigenvalue weighted by molar-refractivity contribution is 5.68. The highest BCUT2D eigenvalue weighted by atomic mass is 19.1. The molecule has 1 aromatic carbocycles. The summed E-state index contributed by atoms with van der Waals surface area (Å²) in [4.78, 5) is 25.9. The first kappa shape index (κ1) is 19.9. The van der Waals surface area contributed by atoms with Gasteiger partial charge in [-0.05, 0) is 38.5 Å². The van der Waals surface area contributed by atoms with E-state index in [1.807, 2.05) is 25.7 Å². The van der Waals surface area contributed by atoms with Gasteiger partial charge >= 0.3 is 11.8 Å². The summed E-state index contributed by atoms with van der Waals surface area (Å²) in [6, 6.07) is 2.63. The summed E-state index contributed by atoms with van der Waals surface area (Å²) in [6.45, 7) is 8.06. The van der Waals surface area contributed by atoms with E-state index in [-0.39, 0.29) is 11.8 Å². The van der Waals surface area contributed by atoms with E-state index in [0.29, 0.717) is 38.3 Å². The molecule has 1 aliphatic rings. The van der Waals surface area contributed by atoms with Gasteiger partial charge in [0.05, 0.1) is 12.0 Å². The lowest BCUT2D eigenvalue weighted by Gasteiger charge is -2.35. The fraction of sp³-hybridized carbons (Fsp3) is 0.588. The summed E-state index contributed by atoms with van der Waals surface area (Å²) >= 11 is 0. The van der Waals surface area contributed by atoms with Gasteiger partial charge in [0.2, 0.25) is 5.82 Å². The molecule has 1 aliphatic heterocycles. The molecule has 0 saturated carbocycles. The van der Waals surface area contributed by atoms with Crippen LogP contribution in [0.25, 0.3) is 0 Å². The molecule has 1 fully saturated rings. The molecule has 0 aromatic heterocycles. The summed E-state index contributed by atoms with van der Waals surface area (Å²) in [6.07, 6.45) is -0.347. The third-order valence-electron chi connectivity index (χ3n) is 3.92. The first-order chi connectivity index (χ1) is 12.1. The Morgan fingerprint density at radius 3 is 2.38 bits per heavy atom. The zero-order valence-electron chi connectivity index (χ0n) is 15.5. The van der Waals surface area contributed by atoms with Crippen molar-refractivity contribution in [1.82, 2.24) is 9.80 Å². The Morgan fingerprint density at radius 2 is 1.88 bits per heavy atom. The van der Waals surface area contributed by atoms with Gasteiger partial charge in [-0.1, -0.05) is 0 Å². The molecule has 0 N–H and O–H groups in total. The van der Waals surface area contributed by atoms with Crippen molar-refractivity contribution in [1.29, 1.82) is 0 Å². The van der Waals surface area contributed by atoms with Crippen LogP contribution in [-0.4, -0.2) is 59.7 Å². The second-order valence-corrected chi connectivity index (χ2v) is 7.13. The van der Waals surface area contributed by atoms with Crippen LogP contribution in [0.1, 0.15) is 26.3 Å². The summed E-state index contributed by atoms with van der Waals surface area (Å²) in [7, 11) is 1.27. The van der Waals surface area contributed by atoms with Gasteiger partial charge in [0.15, 0.2) is 5.75 Å². The fourth-order valence-corrected chi connectivity index (χ4v) is 2.72. The van der Waals surface area contributed by atoms with E-state index in [1.165, 1.54) is 13.2 Å². The molecule has 0 atom stereocenters. The van der Waals surface area contributed by atoms with Gasteiger partial charge in [-0.2, -0.15) is 4.39 Å². The summed E-state index contributed by atoms with van der Waals surface area (Å²) in [5.41, 5.74) is -0.622. The van der Waals surface area contributed by atoms with Crippen LogP contribution in [0.5, 0.6) is 5.75 Å². The summed E-state index contributed by atoms with van der Waals surface area (Å²) in [5, 5.41) is 10.9. The number of carbonyl (C=O) groups excluding carboxylic acids is 1.